The zero-order valence-corrected chi connectivity index (χ0v) is 11.4. The zero-order chi connectivity index (χ0) is 12.3. The molecule has 1 aromatic heterocycles. The number of amides is 1. The summed E-state index contributed by atoms with van der Waals surface area (Å²) in [6, 6.07) is 0.479. The fraction of sp³-hybridized carbons (Fsp3) is 0.692. The van der Waals surface area contributed by atoms with Gasteiger partial charge in [-0.25, -0.2) is 4.98 Å². The molecule has 0 bridgehead atoms. The third-order valence-corrected chi connectivity index (χ3v) is 4.16. The molecule has 4 heteroatoms. The molecule has 0 unspecified atom stereocenters. The molecule has 1 aliphatic carbocycles. The Balaban J connectivity index is 2.04. The Labute approximate surface area is 107 Å². The van der Waals surface area contributed by atoms with Crippen molar-refractivity contribution >= 4 is 17.2 Å². The predicted molar refractivity (Wildman–Crippen MR) is 69.8 cm³/mol. The lowest BCUT2D eigenvalue weighted by Crippen LogP contribution is -2.37. The largest absolute Gasteiger partial charge is 0.333 e. The fourth-order valence-corrected chi connectivity index (χ4v) is 2.74. The first-order chi connectivity index (χ1) is 8.26. The topological polar surface area (TPSA) is 33.2 Å². The van der Waals surface area contributed by atoms with Crippen molar-refractivity contribution in [2.24, 2.45) is 5.92 Å². The van der Waals surface area contributed by atoms with E-state index in [0.29, 0.717) is 18.5 Å². The van der Waals surface area contributed by atoms with Gasteiger partial charge in [0.15, 0.2) is 0 Å². The SMILES string of the molecule is CCC(CC)C(=O)N(Cc1nccs1)C1CC1. The minimum atomic E-state index is 0.190. The molecule has 0 aromatic carbocycles. The quantitative estimate of drug-likeness (QED) is 0.779. The van der Waals surface area contributed by atoms with Gasteiger partial charge in [-0.05, 0) is 25.7 Å². The van der Waals surface area contributed by atoms with Crippen LogP contribution in [0.4, 0.5) is 0 Å². The van der Waals surface area contributed by atoms with Crippen molar-refractivity contribution < 1.29 is 4.79 Å². The summed E-state index contributed by atoms with van der Waals surface area (Å²) in [6.45, 7) is 4.90. The average molecular weight is 252 g/mol. The van der Waals surface area contributed by atoms with Crippen LogP contribution < -0.4 is 0 Å². The molecule has 17 heavy (non-hydrogen) atoms. The Hall–Kier alpha value is -0.900. The molecule has 3 nitrogen and oxygen atoms in total. The molecule has 1 fully saturated rings. The van der Waals surface area contributed by atoms with Gasteiger partial charge >= 0.3 is 0 Å². The smallest absolute Gasteiger partial charge is 0.226 e. The number of hydrogen-bond donors (Lipinski definition) is 0. The fourth-order valence-electron chi connectivity index (χ4n) is 2.12. The molecule has 1 aliphatic rings. The van der Waals surface area contributed by atoms with E-state index in [-0.39, 0.29) is 5.92 Å². The Morgan fingerprint density at radius 1 is 1.53 bits per heavy atom. The lowest BCUT2D eigenvalue weighted by atomic mass is 10.0. The molecule has 94 valence electrons. The highest BCUT2D eigenvalue weighted by Gasteiger charge is 2.35. The maximum absolute atomic E-state index is 12.4. The summed E-state index contributed by atoms with van der Waals surface area (Å²) in [7, 11) is 0. The van der Waals surface area contributed by atoms with Gasteiger partial charge in [0, 0.05) is 23.5 Å². The van der Waals surface area contributed by atoms with Gasteiger partial charge in [0.25, 0.3) is 0 Å². The van der Waals surface area contributed by atoms with Crippen LogP contribution in [0.25, 0.3) is 0 Å². The van der Waals surface area contributed by atoms with Gasteiger partial charge in [-0.1, -0.05) is 13.8 Å². The van der Waals surface area contributed by atoms with Crippen molar-refractivity contribution in [3.05, 3.63) is 16.6 Å². The Morgan fingerprint density at radius 2 is 2.24 bits per heavy atom. The van der Waals surface area contributed by atoms with Gasteiger partial charge in [-0.3, -0.25) is 4.79 Å². The van der Waals surface area contributed by atoms with Crippen molar-refractivity contribution in [1.29, 1.82) is 0 Å². The van der Waals surface area contributed by atoms with Gasteiger partial charge in [-0.2, -0.15) is 0 Å². The first-order valence-electron chi connectivity index (χ1n) is 6.45. The number of aromatic nitrogens is 1. The number of nitrogens with zero attached hydrogens (tertiary/aromatic N) is 2. The van der Waals surface area contributed by atoms with E-state index in [1.165, 1.54) is 0 Å². The van der Waals surface area contributed by atoms with E-state index in [1.54, 1.807) is 11.3 Å². The van der Waals surface area contributed by atoms with Crippen LogP contribution in [-0.2, 0) is 11.3 Å². The molecule has 1 amide bonds. The van der Waals surface area contributed by atoms with Gasteiger partial charge in [0.2, 0.25) is 5.91 Å². The van der Waals surface area contributed by atoms with E-state index < -0.39 is 0 Å². The summed E-state index contributed by atoms with van der Waals surface area (Å²) >= 11 is 1.64. The number of thiazole rings is 1. The van der Waals surface area contributed by atoms with E-state index in [4.69, 9.17) is 0 Å². The van der Waals surface area contributed by atoms with E-state index in [2.05, 4.69) is 23.7 Å². The molecule has 0 spiro atoms. The molecule has 0 saturated heterocycles. The predicted octanol–water partition coefficient (Wildman–Crippen LogP) is 3.07. The number of hydrogen-bond acceptors (Lipinski definition) is 3. The first-order valence-corrected chi connectivity index (χ1v) is 7.33. The van der Waals surface area contributed by atoms with Gasteiger partial charge in [0.05, 0.1) is 6.54 Å². The number of carbonyl (C=O) groups excluding carboxylic acids is 1. The molecular formula is C13H20N2OS. The molecule has 0 radical (unpaired) electrons. The standard InChI is InChI=1S/C13H20N2OS/c1-3-10(4-2)13(16)15(11-5-6-11)9-12-14-7-8-17-12/h7-8,10-11H,3-6,9H2,1-2H3. The summed E-state index contributed by atoms with van der Waals surface area (Å²) < 4.78 is 0. The highest BCUT2D eigenvalue weighted by molar-refractivity contribution is 7.09. The second-order valence-corrected chi connectivity index (χ2v) is 5.62. The lowest BCUT2D eigenvalue weighted by molar-refractivity contribution is -0.137. The highest BCUT2D eigenvalue weighted by Crippen LogP contribution is 2.31. The van der Waals surface area contributed by atoms with Gasteiger partial charge < -0.3 is 4.90 Å². The minimum absolute atomic E-state index is 0.190. The summed E-state index contributed by atoms with van der Waals surface area (Å²) in [5.74, 6) is 0.517. The van der Waals surface area contributed by atoms with Gasteiger partial charge in [0.1, 0.15) is 5.01 Å². The van der Waals surface area contributed by atoms with E-state index in [9.17, 15) is 4.79 Å². The van der Waals surface area contributed by atoms with Crippen LogP contribution in [0.15, 0.2) is 11.6 Å². The van der Waals surface area contributed by atoms with Crippen LogP contribution in [0.3, 0.4) is 0 Å². The van der Waals surface area contributed by atoms with E-state index in [1.807, 2.05) is 11.6 Å². The third-order valence-electron chi connectivity index (χ3n) is 3.39. The molecule has 1 saturated carbocycles. The van der Waals surface area contributed by atoms with Crippen LogP contribution in [0.5, 0.6) is 0 Å². The molecule has 0 N–H and O–H groups in total. The summed E-state index contributed by atoms with van der Waals surface area (Å²) in [6.07, 6.45) is 6.02. The molecule has 0 aliphatic heterocycles. The lowest BCUT2D eigenvalue weighted by Gasteiger charge is -2.25. The Kier molecular flexibility index (Phi) is 4.15. The monoisotopic (exact) mass is 252 g/mol. The van der Waals surface area contributed by atoms with Crippen molar-refractivity contribution in [3.8, 4) is 0 Å². The van der Waals surface area contributed by atoms with Gasteiger partial charge in [-0.15, -0.1) is 11.3 Å². The second-order valence-electron chi connectivity index (χ2n) is 4.64. The Morgan fingerprint density at radius 3 is 2.71 bits per heavy atom. The van der Waals surface area contributed by atoms with Crippen molar-refractivity contribution in [3.63, 3.8) is 0 Å². The second kappa shape index (κ2) is 5.63. The molecular weight excluding hydrogens is 232 g/mol. The van der Waals surface area contributed by atoms with Crippen LogP contribution >= 0.6 is 11.3 Å². The van der Waals surface area contributed by atoms with Crippen LogP contribution in [0.2, 0.25) is 0 Å². The van der Waals surface area contributed by atoms with Crippen molar-refractivity contribution in [1.82, 2.24) is 9.88 Å². The average Bonchev–Trinajstić information content (AvgIpc) is 3.05. The Bertz CT molecular complexity index is 356. The van der Waals surface area contributed by atoms with Crippen molar-refractivity contribution in [2.45, 2.75) is 52.1 Å². The summed E-state index contributed by atoms with van der Waals surface area (Å²) in [4.78, 5) is 18.8. The molecule has 2 rings (SSSR count). The van der Waals surface area contributed by atoms with Crippen molar-refractivity contribution in [2.75, 3.05) is 0 Å². The molecule has 1 heterocycles. The normalized spacial score (nSPS) is 15.2. The summed E-state index contributed by atoms with van der Waals surface area (Å²) in [5, 5.41) is 3.03. The van der Waals surface area contributed by atoms with Crippen LogP contribution in [0, 0.1) is 5.92 Å². The van der Waals surface area contributed by atoms with Crippen LogP contribution in [-0.4, -0.2) is 21.8 Å². The molecule has 1 aromatic rings. The highest BCUT2D eigenvalue weighted by atomic mass is 32.1. The maximum atomic E-state index is 12.4. The summed E-state index contributed by atoms with van der Waals surface area (Å²) in [5.41, 5.74) is 0. The zero-order valence-electron chi connectivity index (χ0n) is 10.6. The van der Waals surface area contributed by atoms with E-state index >= 15 is 0 Å². The first kappa shape index (κ1) is 12.6. The molecule has 0 atom stereocenters. The number of carbonyl (C=O) groups is 1. The van der Waals surface area contributed by atoms with E-state index in [0.717, 1.165) is 30.7 Å². The van der Waals surface area contributed by atoms with Crippen LogP contribution in [0.1, 0.15) is 44.5 Å². The third kappa shape index (κ3) is 3.06. The minimum Gasteiger partial charge on any atom is -0.333 e. The number of rotatable bonds is 6. The maximum Gasteiger partial charge on any atom is 0.226 e.